The van der Waals surface area contributed by atoms with Gasteiger partial charge in [0, 0.05) is 23.7 Å². The van der Waals surface area contributed by atoms with Crippen LogP contribution in [0.5, 0.6) is 0 Å². The Bertz CT molecular complexity index is 716. The topological polar surface area (TPSA) is 80.1 Å². The Morgan fingerprint density at radius 2 is 2.09 bits per heavy atom. The number of benzene rings is 1. The predicted molar refractivity (Wildman–Crippen MR) is 81.0 cm³/mol. The lowest BCUT2D eigenvalue weighted by Crippen LogP contribution is -2.31. The molecule has 2 heterocycles. The third-order valence-electron chi connectivity index (χ3n) is 3.62. The van der Waals surface area contributed by atoms with Crippen molar-refractivity contribution in [2.75, 3.05) is 16.9 Å². The fraction of sp³-hybridized carbons (Fsp3) is 0.286. The Morgan fingerprint density at radius 3 is 2.77 bits per heavy atom. The average Bonchev–Trinajstić information content (AvgIpc) is 3.11. The maximum Gasteiger partial charge on any atom is 0.244 e. The molecule has 1 saturated heterocycles. The molecule has 0 radical (unpaired) electrons. The van der Waals surface area contributed by atoms with E-state index < -0.39 is 5.92 Å². The largest absolute Gasteiger partial charge is 0.312 e. The number of rotatable bonds is 3. The van der Waals surface area contributed by atoms with Gasteiger partial charge in [-0.05, 0) is 24.6 Å². The first-order chi connectivity index (χ1) is 10.5. The summed E-state index contributed by atoms with van der Waals surface area (Å²) in [5.74, 6) is -0.757. The number of halogens is 1. The molecule has 0 unspecified atom stereocenters. The zero-order valence-corrected chi connectivity index (χ0v) is 12.6. The number of anilines is 1. The van der Waals surface area contributed by atoms with Crippen molar-refractivity contribution in [3.8, 4) is 0 Å². The first kappa shape index (κ1) is 14.5. The van der Waals surface area contributed by atoms with Crippen LogP contribution in [0.15, 0.2) is 30.9 Å². The van der Waals surface area contributed by atoms with Crippen molar-refractivity contribution >= 4 is 29.1 Å². The highest BCUT2D eigenvalue weighted by molar-refractivity contribution is 6.31. The van der Waals surface area contributed by atoms with Gasteiger partial charge in [-0.15, -0.1) is 10.2 Å². The summed E-state index contributed by atoms with van der Waals surface area (Å²) in [5, 5.41) is 7.81. The van der Waals surface area contributed by atoms with E-state index in [0.29, 0.717) is 17.3 Å². The summed E-state index contributed by atoms with van der Waals surface area (Å²) in [6.07, 6.45) is 2.93. The molecule has 0 bridgehead atoms. The van der Waals surface area contributed by atoms with Gasteiger partial charge in [-0.25, -0.2) is 4.68 Å². The van der Waals surface area contributed by atoms with Gasteiger partial charge in [0.05, 0.1) is 5.92 Å². The number of aryl methyl sites for hydroxylation is 1. The molecule has 22 heavy (non-hydrogen) atoms. The Balaban J connectivity index is 1.72. The van der Waals surface area contributed by atoms with Gasteiger partial charge in [0.2, 0.25) is 11.8 Å². The molecule has 2 amide bonds. The number of nitrogens with one attached hydrogen (secondary N) is 1. The first-order valence-corrected chi connectivity index (χ1v) is 7.14. The molecule has 0 saturated carbocycles. The van der Waals surface area contributed by atoms with Crippen LogP contribution in [0, 0.1) is 12.8 Å². The van der Waals surface area contributed by atoms with Crippen molar-refractivity contribution in [2.45, 2.75) is 13.3 Å². The lowest BCUT2D eigenvalue weighted by atomic mass is 10.1. The molecule has 7 nitrogen and oxygen atoms in total. The second-order valence-electron chi connectivity index (χ2n) is 5.18. The van der Waals surface area contributed by atoms with Crippen LogP contribution in [0.1, 0.15) is 12.0 Å². The van der Waals surface area contributed by atoms with E-state index in [4.69, 9.17) is 11.6 Å². The van der Waals surface area contributed by atoms with Gasteiger partial charge < -0.3 is 4.90 Å². The summed E-state index contributed by atoms with van der Waals surface area (Å²) in [6, 6.07) is 5.43. The number of nitrogens with zero attached hydrogens (tertiary/aromatic N) is 4. The summed E-state index contributed by atoms with van der Waals surface area (Å²) in [5.41, 5.74) is 4.28. The number of amides is 2. The fourth-order valence-corrected chi connectivity index (χ4v) is 2.53. The van der Waals surface area contributed by atoms with E-state index in [1.165, 1.54) is 17.3 Å². The quantitative estimate of drug-likeness (QED) is 0.926. The molecule has 114 valence electrons. The van der Waals surface area contributed by atoms with Crippen molar-refractivity contribution in [1.82, 2.24) is 14.9 Å². The molecular formula is C14H14ClN5O2. The normalized spacial score (nSPS) is 17.8. The highest BCUT2D eigenvalue weighted by Crippen LogP contribution is 2.28. The SMILES string of the molecule is Cc1ccc(N2C[C@H](C(=O)Nn3cnnc3)CC2=O)cc1Cl. The van der Waals surface area contributed by atoms with Crippen molar-refractivity contribution in [3.05, 3.63) is 41.4 Å². The maximum absolute atomic E-state index is 12.2. The Kier molecular flexibility index (Phi) is 3.81. The summed E-state index contributed by atoms with van der Waals surface area (Å²) in [7, 11) is 0. The molecule has 1 atom stereocenters. The molecule has 2 aromatic rings. The van der Waals surface area contributed by atoms with Crippen LogP contribution in [-0.2, 0) is 9.59 Å². The van der Waals surface area contributed by atoms with Gasteiger partial charge in [-0.2, -0.15) is 0 Å². The second-order valence-corrected chi connectivity index (χ2v) is 5.59. The van der Waals surface area contributed by atoms with Gasteiger partial charge >= 0.3 is 0 Å². The van der Waals surface area contributed by atoms with E-state index >= 15 is 0 Å². The van der Waals surface area contributed by atoms with E-state index in [1.807, 2.05) is 19.1 Å². The van der Waals surface area contributed by atoms with Crippen LogP contribution in [0.25, 0.3) is 0 Å². The third-order valence-corrected chi connectivity index (χ3v) is 4.03. The lowest BCUT2D eigenvalue weighted by Gasteiger charge is -2.17. The predicted octanol–water partition coefficient (Wildman–Crippen LogP) is 1.36. The van der Waals surface area contributed by atoms with Crippen molar-refractivity contribution < 1.29 is 9.59 Å². The van der Waals surface area contributed by atoms with Crippen LogP contribution < -0.4 is 10.3 Å². The minimum absolute atomic E-state index is 0.0937. The molecule has 1 fully saturated rings. The molecule has 1 aromatic heterocycles. The summed E-state index contributed by atoms with van der Waals surface area (Å²) < 4.78 is 1.36. The molecule has 1 aliphatic rings. The third kappa shape index (κ3) is 2.80. The zero-order chi connectivity index (χ0) is 15.7. The number of hydrogen-bond donors (Lipinski definition) is 1. The number of carbonyl (C=O) groups excluding carboxylic acids is 2. The maximum atomic E-state index is 12.2. The van der Waals surface area contributed by atoms with E-state index in [1.54, 1.807) is 11.0 Å². The van der Waals surface area contributed by atoms with Crippen LogP contribution in [0.3, 0.4) is 0 Å². The molecule has 0 aliphatic carbocycles. The smallest absolute Gasteiger partial charge is 0.244 e. The summed E-state index contributed by atoms with van der Waals surface area (Å²) in [6.45, 7) is 2.22. The lowest BCUT2D eigenvalue weighted by molar-refractivity contribution is -0.123. The highest BCUT2D eigenvalue weighted by Gasteiger charge is 2.35. The van der Waals surface area contributed by atoms with Gasteiger partial charge in [-0.3, -0.25) is 15.0 Å². The number of hydrogen-bond acceptors (Lipinski definition) is 4. The fourth-order valence-electron chi connectivity index (χ4n) is 2.36. The van der Waals surface area contributed by atoms with Gasteiger partial charge in [0.15, 0.2) is 0 Å². The monoisotopic (exact) mass is 319 g/mol. The van der Waals surface area contributed by atoms with Crippen molar-refractivity contribution in [1.29, 1.82) is 0 Å². The summed E-state index contributed by atoms with van der Waals surface area (Å²) in [4.78, 5) is 25.9. The molecular weight excluding hydrogens is 306 g/mol. The van der Waals surface area contributed by atoms with Crippen LogP contribution >= 0.6 is 11.6 Å². The van der Waals surface area contributed by atoms with Crippen molar-refractivity contribution in [3.63, 3.8) is 0 Å². The van der Waals surface area contributed by atoms with Gasteiger partial charge in [0.25, 0.3) is 0 Å². The Morgan fingerprint density at radius 1 is 1.36 bits per heavy atom. The van der Waals surface area contributed by atoms with Gasteiger partial charge in [0.1, 0.15) is 12.7 Å². The van der Waals surface area contributed by atoms with Crippen LogP contribution in [0.4, 0.5) is 5.69 Å². The Hall–Kier alpha value is -2.41. The average molecular weight is 320 g/mol. The summed E-state index contributed by atoms with van der Waals surface area (Å²) >= 11 is 6.10. The Labute approximate surface area is 131 Å². The zero-order valence-electron chi connectivity index (χ0n) is 11.9. The van der Waals surface area contributed by atoms with E-state index in [-0.39, 0.29) is 18.2 Å². The van der Waals surface area contributed by atoms with Crippen LogP contribution in [-0.4, -0.2) is 33.2 Å². The molecule has 3 rings (SSSR count). The molecule has 1 aliphatic heterocycles. The van der Waals surface area contributed by atoms with Crippen LogP contribution in [0.2, 0.25) is 5.02 Å². The molecule has 1 aromatic carbocycles. The number of carbonyl (C=O) groups is 2. The first-order valence-electron chi connectivity index (χ1n) is 6.76. The van der Waals surface area contributed by atoms with E-state index in [2.05, 4.69) is 15.6 Å². The van der Waals surface area contributed by atoms with E-state index in [0.717, 1.165) is 5.56 Å². The second kappa shape index (κ2) is 5.76. The minimum atomic E-state index is -0.421. The molecule has 8 heteroatoms. The standard InChI is InChI=1S/C14H14ClN5O2/c1-9-2-3-11(5-12(9)15)20-6-10(4-13(20)21)14(22)18-19-7-16-17-8-19/h2-3,5,7-8,10H,4,6H2,1H3,(H,18,22)/t10-/m1/s1. The number of aromatic nitrogens is 3. The minimum Gasteiger partial charge on any atom is -0.312 e. The molecule has 0 spiro atoms. The van der Waals surface area contributed by atoms with E-state index in [9.17, 15) is 9.59 Å². The van der Waals surface area contributed by atoms with Crippen molar-refractivity contribution in [2.24, 2.45) is 5.92 Å². The molecule has 1 N–H and O–H groups in total. The highest BCUT2D eigenvalue weighted by atomic mass is 35.5. The van der Waals surface area contributed by atoms with Gasteiger partial charge in [-0.1, -0.05) is 17.7 Å².